The molecule has 2 rings (SSSR count). The Morgan fingerprint density at radius 1 is 1.34 bits per heavy atom. The summed E-state index contributed by atoms with van der Waals surface area (Å²) < 4.78 is 25.9. The van der Waals surface area contributed by atoms with E-state index in [0.717, 1.165) is 28.2 Å². The molecule has 0 radical (unpaired) electrons. The summed E-state index contributed by atoms with van der Waals surface area (Å²) in [6.45, 7) is 13.0. The first kappa shape index (κ1) is 27.6. The predicted octanol–water partition coefficient (Wildman–Crippen LogP) is 4.26. The number of amides is 1. The maximum absolute atomic E-state index is 15.0. The van der Waals surface area contributed by atoms with Crippen LogP contribution in [0.5, 0.6) is 0 Å². The normalized spacial score (nSPS) is 16.6. The Balaban J connectivity index is 2.20. The number of nitrogens with one attached hydrogen (secondary N) is 2. The third kappa shape index (κ3) is 7.96. The van der Waals surface area contributed by atoms with Crippen molar-refractivity contribution in [2.24, 2.45) is 10.7 Å². The molecule has 0 saturated carbocycles. The summed E-state index contributed by atoms with van der Waals surface area (Å²) in [7, 11) is 1.59. The van der Waals surface area contributed by atoms with Gasteiger partial charge in [-0.05, 0) is 38.0 Å². The summed E-state index contributed by atoms with van der Waals surface area (Å²) in [6, 6.07) is 4.82. The summed E-state index contributed by atoms with van der Waals surface area (Å²) >= 11 is 0. The fourth-order valence-corrected chi connectivity index (χ4v) is 3.56. The van der Waals surface area contributed by atoms with E-state index in [1.54, 1.807) is 31.5 Å². The highest BCUT2D eigenvalue weighted by atomic mass is 19.1. The number of methoxy groups -OCH3 is 1. The Kier molecular flexibility index (Phi) is 11.0. The lowest BCUT2D eigenvalue weighted by Gasteiger charge is -2.14. The molecule has 188 valence electrons. The van der Waals surface area contributed by atoms with E-state index in [1.807, 2.05) is 19.9 Å². The van der Waals surface area contributed by atoms with E-state index in [2.05, 4.69) is 28.8 Å². The summed E-state index contributed by atoms with van der Waals surface area (Å²) in [5.41, 5.74) is 9.49. The van der Waals surface area contributed by atoms with Crippen molar-refractivity contribution < 1.29 is 18.7 Å². The first-order valence-corrected chi connectivity index (χ1v) is 11.4. The third-order valence-corrected chi connectivity index (χ3v) is 5.44. The molecule has 7 nitrogen and oxygen atoms in total. The van der Waals surface area contributed by atoms with Gasteiger partial charge in [0.1, 0.15) is 17.4 Å². The predicted molar refractivity (Wildman–Crippen MR) is 138 cm³/mol. The zero-order valence-corrected chi connectivity index (χ0v) is 20.7. The average Bonchev–Trinajstić information content (AvgIpc) is 3.30. The molecule has 0 spiro atoms. The quantitative estimate of drug-likeness (QED) is 0.305. The summed E-state index contributed by atoms with van der Waals surface area (Å²) in [5, 5.41) is 6.00. The molecule has 1 saturated heterocycles. The van der Waals surface area contributed by atoms with Crippen molar-refractivity contribution in [3.05, 3.63) is 94.4 Å². The van der Waals surface area contributed by atoms with Gasteiger partial charge in [0.15, 0.2) is 0 Å². The van der Waals surface area contributed by atoms with Crippen molar-refractivity contribution in [1.82, 2.24) is 10.6 Å². The second-order valence-corrected chi connectivity index (χ2v) is 8.00. The largest absolute Gasteiger partial charge is 0.492 e. The second-order valence-electron chi connectivity index (χ2n) is 8.00. The molecular weight excluding hydrogens is 447 g/mol. The minimum absolute atomic E-state index is 0.0216. The number of aliphatic imine (C=N–C) groups is 1. The Labute approximate surface area is 207 Å². The first-order chi connectivity index (χ1) is 16.8. The average molecular weight is 483 g/mol. The second kappa shape index (κ2) is 13.9. The molecule has 0 aromatic heterocycles. The van der Waals surface area contributed by atoms with Crippen LogP contribution >= 0.6 is 0 Å². The number of rotatable bonds is 12. The zero-order chi connectivity index (χ0) is 25.8. The molecule has 0 atom stereocenters. The van der Waals surface area contributed by atoms with Gasteiger partial charge in [0.25, 0.3) is 5.91 Å². The highest BCUT2D eigenvalue weighted by Crippen LogP contribution is 2.32. The van der Waals surface area contributed by atoms with Gasteiger partial charge in [0.2, 0.25) is 0 Å². The minimum atomic E-state index is -0.535. The van der Waals surface area contributed by atoms with Gasteiger partial charge < -0.3 is 25.8 Å². The molecule has 1 heterocycles. The highest BCUT2D eigenvalue weighted by Gasteiger charge is 2.22. The standard InChI is InChI=1S/C27H35FN4O3/c1-6-22(18(2)11-14-30-20(4)29)26-23(12-16-35-26)19(3)32-17-21-9-7-10-24(25(21)28)27(33)31-13-8-15-34-5/h6-7,9-11,14,32H,1,4,8,12-13,15-17,29H2,2-3,5H3,(H,31,33)/b18-11+,23-19+,26-22-,30-14?. The lowest BCUT2D eigenvalue weighted by molar-refractivity contribution is 0.0944. The number of benzene rings is 1. The van der Waals surface area contributed by atoms with E-state index in [-0.39, 0.29) is 17.9 Å². The van der Waals surface area contributed by atoms with Crippen LogP contribution in [0.25, 0.3) is 0 Å². The van der Waals surface area contributed by atoms with Crippen LogP contribution in [0.2, 0.25) is 0 Å². The topological polar surface area (TPSA) is 98.0 Å². The van der Waals surface area contributed by atoms with E-state index in [9.17, 15) is 4.79 Å². The van der Waals surface area contributed by atoms with E-state index in [1.165, 1.54) is 6.07 Å². The lowest BCUT2D eigenvalue weighted by Crippen LogP contribution is -2.26. The van der Waals surface area contributed by atoms with Crippen LogP contribution in [0.15, 0.2) is 82.5 Å². The Morgan fingerprint density at radius 3 is 2.80 bits per heavy atom. The number of halogens is 1. The maximum atomic E-state index is 15.0. The number of hydrogen-bond donors (Lipinski definition) is 3. The highest BCUT2D eigenvalue weighted by molar-refractivity contribution is 5.94. The number of ether oxygens (including phenoxy) is 2. The number of allylic oxidation sites excluding steroid dienone is 6. The van der Waals surface area contributed by atoms with Crippen molar-refractivity contribution >= 4 is 12.1 Å². The molecule has 1 fully saturated rings. The fraction of sp³-hybridized carbons (Fsp3) is 0.333. The van der Waals surface area contributed by atoms with Crippen LogP contribution < -0.4 is 16.4 Å². The van der Waals surface area contributed by atoms with E-state index in [4.69, 9.17) is 15.2 Å². The van der Waals surface area contributed by atoms with Crippen LogP contribution in [0.1, 0.15) is 42.6 Å². The van der Waals surface area contributed by atoms with Crippen LogP contribution in [-0.2, 0) is 16.0 Å². The maximum Gasteiger partial charge on any atom is 0.254 e. The molecule has 0 unspecified atom stereocenters. The van der Waals surface area contributed by atoms with Crippen molar-refractivity contribution in [2.45, 2.75) is 33.2 Å². The number of nitrogens with two attached hydrogens (primary N) is 1. The minimum Gasteiger partial charge on any atom is -0.492 e. The molecule has 1 aliphatic rings. The van der Waals surface area contributed by atoms with E-state index < -0.39 is 11.7 Å². The van der Waals surface area contributed by atoms with Gasteiger partial charge in [-0.1, -0.05) is 31.4 Å². The molecule has 1 aromatic carbocycles. The Morgan fingerprint density at radius 2 is 2.11 bits per heavy atom. The zero-order valence-electron chi connectivity index (χ0n) is 20.7. The number of carbonyl (C=O) groups is 1. The molecule has 0 bridgehead atoms. The Bertz CT molecular complexity index is 1070. The molecule has 4 N–H and O–H groups in total. The van der Waals surface area contributed by atoms with Gasteiger partial charge in [0.05, 0.1) is 12.2 Å². The van der Waals surface area contributed by atoms with Gasteiger partial charge in [-0.2, -0.15) is 0 Å². The van der Waals surface area contributed by atoms with Crippen LogP contribution in [-0.4, -0.2) is 39.0 Å². The lowest BCUT2D eigenvalue weighted by atomic mass is 10.0. The monoisotopic (exact) mass is 482 g/mol. The smallest absolute Gasteiger partial charge is 0.254 e. The van der Waals surface area contributed by atoms with Crippen molar-refractivity contribution in [1.29, 1.82) is 0 Å². The molecule has 0 aliphatic carbocycles. The molecule has 35 heavy (non-hydrogen) atoms. The van der Waals surface area contributed by atoms with Gasteiger partial charge in [-0.15, -0.1) is 0 Å². The number of hydrogen-bond acceptors (Lipinski definition) is 6. The van der Waals surface area contributed by atoms with Crippen molar-refractivity contribution in [2.75, 3.05) is 26.9 Å². The third-order valence-electron chi connectivity index (χ3n) is 5.44. The Hall–Kier alpha value is -3.65. The van der Waals surface area contributed by atoms with Gasteiger partial charge in [0, 0.05) is 61.8 Å². The van der Waals surface area contributed by atoms with Gasteiger partial charge >= 0.3 is 0 Å². The molecule has 8 heteroatoms. The van der Waals surface area contributed by atoms with Crippen LogP contribution in [0.3, 0.4) is 0 Å². The summed E-state index contributed by atoms with van der Waals surface area (Å²) in [4.78, 5) is 16.3. The number of carbonyl (C=O) groups excluding carboxylic acids is 1. The molecular formula is C27H35FN4O3. The fourth-order valence-electron chi connectivity index (χ4n) is 3.56. The number of nitrogens with zero attached hydrogens (tertiary/aromatic N) is 1. The van der Waals surface area contributed by atoms with Crippen LogP contribution in [0, 0.1) is 5.82 Å². The van der Waals surface area contributed by atoms with Gasteiger partial charge in [-0.25, -0.2) is 9.38 Å². The van der Waals surface area contributed by atoms with Crippen molar-refractivity contribution in [3.63, 3.8) is 0 Å². The van der Waals surface area contributed by atoms with E-state index in [0.29, 0.717) is 38.2 Å². The molecule has 1 aromatic rings. The van der Waals surface area contributed by atoms with Gasteiger partial charge in [-0.3, -0.25) is 4.79 Å². The summed E-state index contributed by atoms with van der Waals surface area (Å²) in [6.07, 6.45) is 6.49. The molecule has 1 amide bonds. The van der Waals surface area contributed by atoms with Crippen LogP contribution in [0.4, 0.5) is 4.39 Å². The first-order valence-electron chi connectivity index (χ1n) is 11.4. The van der Waals surface area contributed by atoms with E-state index >= 15 is 4.39 Å². The summed E-state index contributed by atoms with van der Waals surface area (Å²) in [5.74, 6) is -0.0285. The van der Waals surface area contributed by atoms with Crippen molar-refractivity contribution in [3.8, 4) is 0 Å². The SMILES string of the molecule is C=CC(=C1/OCC/C1=C(/C)NCc1cccc(C(=O)NCCCOC)c1F)/C(C)=C/C=NC(=C)N. The molecule has 1 aliphatic heterocycles.